The lowest BCUT2D eigenvalue weighted by Gasteiger charge is -2.08. The van der Waals surface area contributed by atoms with Gasteiger partial charge in [0.1, 0.15) is 5.75 Å². The highest BCUT2D eigenvalue weighted by molar-refractivity contribution is 5.94. The lowest BCUT2D eigenvalue weighted by atomic mass is 10.1. The first-order chi connectivity index (χ1) is 14.2. The van der Waals surface area contributed by atoms with Gasteiger partial charge in [0.05, 0.1) is 19.2 Å². The van der Waals surface area contributed by atoms with Gasteiger partial charge in [-0.2, -0.15) is 13.2 Å². The number of rotatable bonds is 6. The number of halogens is 3. The Morgan fingerprint density at radius 3 is 2.50 bits per heavy atom. The van der Waals surface area contributed by atoms with E-state index in [0.717, 1.165) is 16.8 Å². The van der Waals surface area contributed by atoms with Crippen molar-refractivity contribution in [3.8, 4) is 17.1 Å². The smallest absolute Gasteiger partial charge is 0.416 e. The van der Waals surface area contributed by atoms with Crippen molar-refractivity contribution >= 4 is 5.91 Å². The summed E-state index contributed by atoms with van der Waals surface area (Å²) < 4.78 is 46.2. The Hall–Kier alpha value is -3.56. The van der Waals surface area contributed by atoms with Crippen LogP contribution in [0.25, 0.3) is 11.4 Å². The molecule has 1 aromatic heterocycles. The van der Waals surface area contributed by atoms with Crippen LogP contribution in [-0.2, 0) is 19.8 Å². The molecule has 0 aliphatic rings. The summed E-state index contributed by atoms with van der Waals surface area (Å²) in [5.41, 5.74) is -0.728. The monoisotopic (exact) mass is 420 g/mol. The van der Waals surface area contributed by atoms with Crippen LogP contribution in [0.4, 0.5) is 13.2 Å². The summed E-state index contributed by atoms with van der Waals surface area (Å²) in [4.78, 5) is 24.5. The van der Waals surface area contributed by atoms with E-state index in [1.165, 1.54) is 30.9 Å². The van der Waals surface area contributed by atoms with Gasteiger partial charge < -0.3 is 10.1 Å². The lowest BCUT2D eigenvalue weighted by molar-refractivity contribution is -0.137. The largest absolute Gasteiger partial charge is 0.497 e. The third-order valence-electron chi connectivity index (χ3n) is 4.45. The summed E-state index contributed by atoms with van der Waals surface area (Å²) in [5, 5.41) is 6.80. The Balaban J connectivity index is 1.71. The quantitative estimate of drug-likeness (QED) is 0.665. The molecule has 158 valence electrons. The maximum absolute atomic E-state index is 13.0. The molecule has 7 nitrogen and oxygen atoms in total. The first-order valence-corrected chi connectivity index (χ1v) is 8.94. The number of alkyl halides is 3. The molecular weight excluding hydrogens is 401 g/mol. The van der Waals surface area contributed by atoms with Crippen LogP contribution in [-0.4, -0.2) is 33.9 Å². The van der Waals surface area contributed by atoms with Crippen molar-refractivity contribution in [1.29, 1.82) is 0 Å². The molecule has 1 heterocycles. The number of carbonyl (C=O) groups is 1. The van der Waals surface area contributed by atoms with Crippen LogP contribution in [0.2, 0.25) is 0 Å². The van der Waals surface area contributed by atoms with Crippen molar-refractivity contribution < 1.29 is 22.7 Å². The van der Waals surface area contributed by atoms with E-state index >= 15 is 0 Å². The average molecular weight is 420 g/mol. The minimum absolute atomic E-state index is 0.0630. The third kappa shape index (κ3) is 4.53. The van der Waals surface area contributed by atoms with Crippen LogP contribution in [0.15, 0.2) is 53.3 Å². The summed E-state index contributed by atoms with van der Waals surface area (Å²) in [6.45, 7) is 0.178. The topological polar surface area (TPSA) is 78.2 Å². The maximum atomic E-state index is 13.0. The maximum Gasteiger partial charge on any atom is 0.416 e. The molecule has 0 saturated heterocycles. The number of hydrogen-bond donors (Lipinski definition) is 1. The van der Waals surface area contributed by atoms with E-state index < -0.39 is 17.4 Å². The molecule has 3 rings (SSSR count). The molecule has 2 aromatic carbocycles. The number of benzene rings is 2. The second-order valence-electron chi connectivity index (χ2n) is 6.45. The number of carbonyl (C=O) groups excluding carboxylic acids is 1. The fourth-order valence-electron chi connectivity index (χ4n) is 2.84. The van der Waals surface area contributed by atoms with E-state index in [-0.39, 0.29) is 30.4 Å². The van der Waals surface area contributed by atoms with Crippen LogP contribution in [0.1, 0.15) is 15.9 Å². The molecule has 1 amide bonds. The molecule has 0 aliphatic carbocycles. The van der Waals surface area contributed by atoms with E-state index in [9.17, 15) is 22.8 Å². The highest BCUT2D eigenvalue weighted by Gasteiger charge is 2.30. The average Bonchev–Trinajstić information content (AvgIpc) is 3.02. The number of nitrogens with zero attached hydrogens (tertiary/aromatic N) is 3. The number of amides is 1. The third-order valence-corrected chi connectivity index (χ3v) is 4.45. The minimum Gasteiger partial charge on any atom is -0.497 e. The van der Waals surface area contributed by atoms with Gasteiger partial charge in [-0.05, 0) is 36.4 Å². The second kappa shape index (κ2) is 8.44. The van der Waals surface area contributed by atoms with E-state index in [0.29, 0.717) is 11.3 Å². The SMILES string of the molecule is COc1ccc(C(=O)NCCn2nc(-c3cccc(C(F)(F)F)c3)n(C)c2=O)cc1. The Morgan fingerprint density at radius 1 is 1.17 bits per heavy atom. The van der Waals surface area contributed by atoms with E-state index in [4.69, 9.17) is 4.74 Å². The van der Waals surface area contributed by atoms with Crippen LogP contribution >= 0.6 is 0 Å². The van der Waals surface area contributed by atoms with E-state index in [2.05, 4.69) is 10.4 Å². The molecule has 0 aliphatic heterocycles. The Morgan fingerprint density at radius 2 is 1.87 bits per heavy atom. The number of aromatic nitrogens is 3. The zero-order chi connectivity index (χ0) is 21.9. The summed E-state index contributed by atoms with van der Waals surface area (Å²) in [6.07, 6.45) is -4.50. The molecule has 0 spiro atoms. The highest BCUT2D eigenvalue weighted by atomic mass is 19.4. The number of methoxy groups -OCH3 is 1. The van der Waals surface area contributed by atoms with Crippen molar-refractivity contribution in [3.05, 3.63) is 70.1 Å². The molecule has 0 unspecified atom stereocenters. The van der Waals surface area contributed by atoms with E-state index in [1.807, 2.05) is 0 Å². The standard InChI is InChI=1S/C20H19F3N4O3/c1-26-17(14-4-3-5-15(12-14)20(21,22)23)25-27(19(26)29)11-10-24-18(28)13-6-8-16(30-2)9-7-13/h3-9,12H,10-11H2,1-2H3,(H,24,28). The van der Waals surface area contributed by atoms with Crippen molar-refractivity contribution in [2.45, 2.75) is 12.7 Å². The van der Waals surface area contributed by atoms with Crippen molar-refractivity contribution in [2.75, 3.05) is 13.7 Å². The number of hydrogen-bond acceptors (Lipinski definition) is 4. The Labute approximate surface area is 169 Å². The first-order valence-electron chi connectivity index (χ1n) is 8.94. The van der Waals surface area contributed by atoms with Gasteiger partial charge in [0.25, 0.3) is 5.91 Å². The molecule has 3 aromatic rings. The summed E-state index contributed by atoms with van der Waals surface area (Å²) >= 11 is 0. The molecule has 0 fully saturated rings. The molecule has 0 radical (unpaired) electrons. The molecule has 1 N–H and O–H groups in total. The predicted octanol–water partition coefficient (Wildman–Crippen LogP) is 2.71. The predicted molar refractivity (Wildman–Crippen MR) is 103 cm³/mol. The van der Waals surface area contributed by atoms with E-state index in [1.54, 1.807) is 24.3 Å². The van der Waals surface area contributed by atoms with Crippen LogP contribution < -0.4 is 15.7 Å². The van der Waals surface area contributed by atoms with Gasteiger partial charge >= 0.3 is 11.9 Å². The summed E-state index contributed by atoms with van der Waals surface area (Å²) in [7, 11) is 2.95. The van der Waals surface area contributed by atoms with Gasteiger partial charge in [-0.15, -0.1) is 5.10 Å². The minimum atomic E-state index is -4.50. The van der Waals surface area contributed by atoms with Crippen LogP contribution in [0.5, 0.6) is 5.75 Å². The summed E-state index contributed by atoms with van der Waals surface area (Å²) in [6, 6.07) is 11.1. The van der Waals surface area contributed by atoms with Gasteiger partial charge in [0.2, 0.25) is 0 Å². The van der Waals surface area contributed by atoms with Crippen molar-refractivity contribution in [2.24, 2.45) is 7.05 Å². The normalized spacial score (nSPS) is 11.4. The fraction of sp³-hybridized carbons (Fsp3) is 0.250. The van der Waals surface area contributed by atoms with Crippen LogP contribution in [0, 0.1) is 0 Å². The molecular formula is C20H19F3N4O3. The number of nitrogens with one attached hydrogen (secondary N) is 1. The summed E-state index contributed by atoms with van der Waals surface area (Å²) in [5.74, 6) is 0.390. The zero-order valence-electron chi connectivity index (χ0n) is 16.2. The lowest BCUT2D eigenvalue weighted by Crippen LogP contribution is -2.31. The van der Waals surface area contributed by atoms with Gasteiger partial charge in [-0.1, -0.05) is 12.1 Å². The number of ether oxygens (including phenoxy) is 1. The molecule has 10 heteroatoms. The molecule has 30 heavy (non-hydrogen) atoms. The molecule has 0 bridgehead atoms. The van der Waals surface area contributed by atoms with Crippen molar-refractivity contribution in [1.82, 2.24) is 19.7 Å². The van der Waals surface area contributed by atoms with Gasteiger partial charge in [0.15, 0.2) is 5.82 Å². The zero-order valence-corrected chi connectivity index (χ0v) is 16.2. The highest BCUT2D eigenvalue weighted by Crippen LogP contribution is 2.31. The van der Waals surface area contributed by atoms with Gasteiger partial charge in [0, 0.05) is 24.7 Å². The Kier molecular flexibility index (Phi) is 5.95. The Bertz CT molecular complexity index is 1100. The van der Waals surface area contributed by atoms with Gasteiger partial charge in [-0.25, -0.2) is 9.48 Å². The second-order valence-corrected chi connectivity index (χ2v) is 6.45. The first kappa shape index (κ1) is 21.2. The molecule has 0 saturated carbocycles. The van der Waals surface area contributed by atoms with Crippen molar-refractivity contribution in [3.63, 3.8) is 0 Å². The van der Waals surface area contributed by atoms with Crippen LogP contribution in [0.3, 0.4) is 0 Å². The molecule has 0 atom stereocenters. The van der Waals surface area contributed by atoms with Gasteiger partial charge in [-0.3, -0.25) is 9.36 Å². The fourth-order valence-corrected chi connectivity index (χ4v) is 2.84.